The number of rotatable bonds is 8. The fraction of sp³-hybridized carbons (Fsp3) is 1.00. The number of hydrogen-bond acceptors (Lipinski definition) is 2. The Balaban J connectivity index is 3.57. The molecule has 2 nitrogen and oxygen atoms in total. The van der Waals surface area contributed by atoms with Gasteiger partial charge in [0.2, 0.25) is 0 Å². The van der Waals surface area contributed by atoms with Crippen LogP contribution in [0.4, 0.5) is 0 Å². The molecule has 3 heteroatoms. The zero-order chi connectivity index (χ0) is 11.0. The molecule has 0 rings (SSSR count). The number of nitrogens with two attached hydrogens (primary N) is 1. The first-order chi connectivity index (χ1) is 6.60. The van der Waals surface area contributed by atoms with Crippen molar-refractivity contribution in [3.63, 3.8) is 0 Å². The fourth-order valence-electron chi connectivity index (χ4n) is 1.31. The summed E-state index contributed by atoms with van der Waals surface area (Å²) in [5.41, 5.74) is 5.73. The molecule has 2 atom stereocenters. The van der Waals surface area contributed by atoms with E-state index >= 15 is 0 Å². The van der Waals surface area contributed by atoms with Gasteiger partial charge in [0, 0.05) is 0 Å². The van der Waals surface area contributed by atoms with Crippen molar-refractivity contribution in [2.24, 2.45) is 5.73 Å². The van der Waals surface area contributed by atoms with Gasteiger partial charge < -0.3 is 0 Å². The van der Waals surface area contributed by atoms with Gasteiger partial charge in [-0.15, -0.1) is 0 Å². The van der Waals surface area contributed by atoms with Gasteiger partial charge in [0.15, 0.2) is 0 Å². The molecule has 2 N–H and O–H groups in total. The first-order valence-corrected chi connectivity index (χ1v) is 11.1. The van der Waals surface area contributed by atoms with Crippen LogP contribution in [0.5, 0.6) is 0 Å². The first-order valence-electron chi connectivity index (χ1n) is 5.87. The van der Waals surface area contributed by atoms with Crippen molar-refractivity contribution >= 4 is 20.2 Å². The van der Waals surface area contributed by atoms with E-state index in [9.17, 15) is 0 Å². The van der Waals surface area contributed by atoms with Gasteiger partial charge in [0.05, 0.1) is 0 Å². The molecule has 2 unspecified atom stereocenters. The Bertz CT molecular complexity index is 130. The van der Waals surface area contributed by atoms with Gasteiger partial charge in [-0.25, -0.2) is 0 Å². The Morgan fingerprint density at radius 1 is 1.29 bits per heavy atom. The van der Waals surface area contributed by atoms with Crippen LogP contribution >= 0.6 is 0 Å². The summed E-state index contributed by atoms with van der Waals surface area (Å²) in [5.74, 6) is 0. The summed E-state index contributed by atoms with van der Waals surface area (Å²) in [6, 6.07) is 0.361. The third-order valence-corrected chi connectivity index (χ3v) is 9.40. The van der Waals surface area contributed by atoms with Crippen molar-refractivity contribution in [2.75, 3.05) is 0 Å². The molecule has 0 amide bonds. The van der Waals surface area contributed by atoms with E-state index in [1.165, 1.54) is 15.3 Å². The SMILES string of the molecule is CCC(C)[O][Sn+]([CH2]C)[CH2]CCC(C)N. The van der Waals surface area contributed by atoms with E-state index in [0.29, 0.717) is 12.1 Å². The monoisotopic (exact) mass is 308 g/mol. The Labute approximate surface area is 96.9 Å². The first kappa shape index (κ1) is 14.7. The van der Waals surface area contributed by atoms with Gasteiger partial charge in [-0.2, -0.15) is 0 Å². The van der Waals surface area contributed by atoms with E-state index in [0.717, 1.165) is 12.8 Å². The van der Waals surface area contributed by atoms with Crippen LogP contribution in [0.2, 0.25) is 8.87 Å². The third kappa shape index (κ3) is 8.06. The van der Waals surface area contributed by atoms with E-state index in [1.54, 1.807) is 0 Å². The Morgan fingerprint density at radius 3 is 2.36 bits per heavy atom. The summed E-state index contributed by atoms with van der Waals surface area (Å²) >= 11 is -1.46. The van der Waals surface area contributed by atoms with Crippen LogP contribution in [0.1, 0.15) is 47.0 Å². The second kappa shape index (κ2) is 8.98. The molecule has 0 bridgehead atoms. The van der Waals surface area contributed by atoms with Crippen LogP contribution in [0, 0.1) is 0 Å². The molecule has 14 heavy (non-hydrogen) atoms. The maximum absolute atomic E-state index is 6.09. The Kier molecular flexibility index (Phi) is 9.44. The van der Waals surface area contributed by atoms with Crippen molar-refractivity contribution in [3.8, 4) is 0 Å². The zero-order valence-electron chi connectivity index (χ0n) is 10.2. The fourth-order valence-corrected chi connectivity index (χ4v) is 6.94. The summed E-state index contributed by atoms with van der Waals surface area (Å²) in [6.07, 6.45) is 4.07. The molecule has 0 aromatic carbocycles. The zero-order valence-corrected chi connectivity index (χ0v) is 13.0. The number of hydrogen-bond donors (Lipinski definition) is 1. The van der Waals surface area contributed by atoms with Crippen LogP contribution in [-0.2, 0) is 3.07 Å². The van der Waals surface area contributed by atoms with Crippen molar-refractivity contribution < 1.29 is 3.07 Å². The predicted octanol–water partition coefficient (Wildman–Crippen LogP) is 2.94. The minimum absolute atomic E-state index is 0.361. The third-order valence-electron chi connectivity index (χ3n) is 2.45. The predicted molar refractivity (Wildman–Crippen MR) is 64.8 cm³/mol. The maximum atomic E-state index is 6.09. The van der Waals surface area contributed by atoms with Gasteiger partial charge in [-0.3, -0.25) is 0 Å². The molecule has 0 aromatic heterocycles. The molecule has 0 radical (unpaired) electrons. The second-order valence-corrected chi connectivity index (χ2v) is 11.3. The van der Waals surface area contributed by atoms with E-state index in [2.05, 4.69) is 27.7 Å². The molecule has 84 valence electrons. The normalized spacial score (nSPS) is 15.2. The molecule has 0 fully saturated rings. The molecule has 0 heterocycles. The Hall–Kier alpha value is 0.719. The quantitative estimate of drug-likeness (QED) is 0.700. The summed E-state index contributed by atoms with van der Waals surface area (Å²) in [4.78, 5) is 0. The molecule has 0 saturated heterocycles. The molecule has 0 aromatic rings. The van der Waals surface area contributed by atoms with Crippen LogP contribution < -0.4 is 5.73 Å². The summed E-state index contributed by atoms with van der Waals surface area (Å²) < 4.78 is 8.75. The minimum atomic E-state index is -1.46. The van der Waals surface area contributed by atoms with Crippen LogP contribution in [0.3, 0.4) is 0 Å². The van der Waals surface area contributed by atoms with Gasteiger partial charge in [-0.1, -0.05) is 0 Å². The topological polar surface area (TPSA) is 35.2 Å². The van der Waals surface area contributed by atoms with Crippen LogP contribution in [0.15, 0.2) is 0 Å². The summed E-state index contributed by atoms with van der Waals surface area (Å²) in [5, 5.41) is 0. The molecular weight excluding hydrogens is 281 g/mol. The molecule has 0 saturated carbocycles. The van der Waals surface area contributed by atoms with E-state index in [4.69, 9.17) is 8.81 Å². The molecule has 0 aliphatic carbocycles. The van der Waals surface area contributed by atoms with Gasteiger partial charge >= 0.3 is 97.0 Å². The van der Waals surface area contributed by atoms with Crippen LogP contribution in [-0.4, -0.2) is 32.3 Å². The molecule has 0 spiro atoms. The van der Waals surface area contributed by atoms with E-state index in [-0.39, 0.29) is 0 Å². The Morgan fingerprint density at radius 2 is 1.93 bits per heavy atom. The van der Waals surface area contributed by atoms with Crippen molar-refractivity contribution in [3.05, 3.63) is 0 Å². The van der Waals surface area contributed by atoms with Gasteiger partial charge in [0.1, 0.15) is 0 Å². The van der Waals surface area contributed by atoms with Crippen molar-refractivity contribution in [1.29, 1.82) is 0 Å². The van der Waals surface area contributed by atoms with Crippen molar-refractivity contribution in [1.82, 2.24) is 0 Å². The molecule has 0 aliphatic heterocycles. The summed E-state index contributed by atoms with van der Waals surface area (Å²) in [6.45, 7) is 8.76. The van der Waals surface area contributed by atoms with Crippen molar-refractivity contribution in [2.45, 2.75) is 68.0 Å². The second-order valence-electron chi connectivity index (χ2n) is 4.10. The molecule has 0 aliphatic rings. The molecular formula is C11H26NOSn+. The average molecular weight is 307 g/mol. The average Bonchev–Trinajstić information content (AvgIpc) is 2.15. The van der Waals surface area contributed by atoms with E-state index in [1.807, 2.05) is 0 Å². The van der Waals surface area contributed by atoms with Gasteiger partial charge in [-0.05, 0) is 0 Å². The van der Waals surface area contributed by atoms with E-state index < -0.39 is 20.2 Å². The van der Waals surface area contributed by atoms with Crippen LogP contribution in [0.25, 0.3) is 0 Å². The summed E-state index contributed by atoms with van der Waals surface area (Å²) in [7, 11) is 0. The van der Waals surface area contributed by atoms with Gasteiger partial charge in [0.25, 0.3) is 0 Å². The standard InChI is InChI=1S/C5H12N.C4H9O.C2H5.Sn/c1-3-4-5(2)6;1-3-4(2)5;1-2;/h5H,1,3-4,6H2,2H3;4H,3H2,1-2H3;1H2,2H3;/q;-1;;+2.